The lowest BCUT2D eigenvalue weighted by Gasteiger charge is -2.10. The van der Waals surface area contributed by atoms with Crippen LogP contribution in [0.5, 0.6) is 5.75 Å². The number of carbonyl (C=O) groups is 1. The van der Waals surface area contributed by atoms with Crippen LogP contribution >= 0.6 is 12.2 Å². The van der Waals surface area contributed by atoms with Crippen molar-refractivity contribution in [2.24, 2.45) is 0 Å². The molecule has 1 amide bonds. The number of thiocarbonyl (C=S) groups is 1. The zero-order valence-corrected chi connectivity index (χ0v) is 13.2. The summed E-state index contributed by atoms with van der Waals surface area (Å²) in [5, 5.41) is 16.0. The maximum absolute atomic E-state index is 12.8. The predicted octanol–water partition coefficient (Wildman–Crippen LogP) is 2.87. The number of ether oxygens (including phenoxy) is 1. The molecular formula is C15H12FN3O4S. The highest BCUT2D eigenvalue weighted by molar-refractivity contribution is 7.80. The van der Waals surface area contributed by atoms with E-state index in [4.69, 9.17) is 17.0 Å². The molecule has 0 fully saturated rings. The number of amides is 1. The molecule has 2 aromatic carbocycles. The number of nitrogens with one attached hydrogen (secondary N) is 2. The van der Waals surface area contributed by atoms with Crippen molar-refractivity contribution < 1.29 is 18.8 Å². The summed E-state index contributed by atoms with van der Waals surface area (Å²) >= 11 is 4.98. The number of methoxy groups -OCH3 is 1. The standard InChI is InChI=1S/C15H12FN3O4S/c1-23-13-7-2-9(8-12(13)19(21)22)14(20)18-15(24)17-11-5-3-10(16)4-6-11/h2-8H,1H3,(H2,17,18,20,24). The molecule has 0 bridgehead atoms. The number of hydrogen-bond acceptors (Lipinski definition) is 5. The Morgan fingerprint density at radius 3 is 2.50 bits per heavy atom. The molecule has 0 unspecified atom stereocenters. The summed E-state index contributed by atoms with van der Waals surface area (Å²) in [5.41, 5.74) is 0.204. The number of nitro groups is 1. The van der Waals surface area contributed by atoms with Crippen LogP contribution in [0.4, 0.5) is 15.8 Å². The Bertz CT molecular complexity index is 796. The number of benzene rings is 2. The van der Waals surface area contributed by atoms with Crippen molar-refractivity contribution in [2.45, 2.75) is 0 Å². The summed E-state index contributed by atoms with van der Waals surface area (Å²) in [6, 6.07) is 9.16. The molecule has 9 heteroatoms. The van der Waals surface area contributed by atoms with Crippen molar-refractivity contribution in [3.05, 3.63) is 64.0 Å². The van der Waals surface area contributed by atoms with Crippen molar-refractivity contribution in [3.8, 4) is 5.75 Å². The second kappa shape index (κ2) is 7.47. The number of nitrogens with zero attached hydrogens (tertiary/aromatic N) is 1. The fourth-order valence-electron chi connectivity index (χ4n) is 1.84. The van der Waals surface area contributed by atoms with Crippen molar-refractivity contribution in [3.63, 3.8) is 0 Å². The van der Waals surface area contributed by atoms with E-state index in [1.54, 1.807) is 0 Å². The van der Waals surface area contributed by atoms with E-state index in [0.29, 0.717) is 5.69 Å². The highest BCUT2D eigenvalue weighted by Crippen LogP contribution is 2.27. The van der Waals surface area contributed by atoms with E-state index in [1.165, 1.54) is 43.5 Å². The van der Waals surface area contributed by atoms with Gasteiger partial charge in [-0.2, -0.15) is 0 Å². The Labute approximate surface area is 141 Å². The van der Waals surface area contributed by atoms with Crippen molar-refractivity contribution in [2.75, 3.05) is 12.4 Å². The number of rotatable bonds is 4. The molecule has 2 aromatic rings. The molecule has 0 heterocycles. The number of anilines is 1. The molecule has 2 N–H and O–H groups in total. The number of hydrogen-bond donors (Lipinski definition) is 2. The first-order valence-corrected chi connectivity index (χ1v) is 7.02. The Morgan fingerprint density at radius 2 is 1.92 bits per heavy atom. The lowest BCUT2D eigenvalue weighted by Crippen LogP contribution is -2.34. The van der Waals surface area contributed by atoms with Gasteiger partial charge in [-0.3, -0.25) is 20.2 Å². The highest BCUT2D eigenvalue weighted by Gasteiger charge is 2.18. The first-order valence-electron chi connectivity index (χ1n) is 6.61. The van der Waals surface area contributed by atoms with Crippen LogP contribution in [-0.4, -0.2) is 23.1 Å². The Balaban J connectivity index is 2.08. The van der Waals surface area contributed by atoms with Gasteiger partial charge in [0.05, 0.1) is 12.0 Å². The van der Waals surface area contributed by atoms with Gasteiger partial charge in [0, 0.05) is 17.3 Å². The minimum absolute atomic E-state index is 0.0231. The molecule has 24 heavy (non-hydrogen) atoms. The molecule has 2 rings (SSSR count). The number of carbonyl (C=O) groups excluding carboxylic acids is 1. The van der Waals surface area contributed by atoms with E-state index < -0.39 is 16.6 Å². The summed E-state index contributed by atoms with van der Waals surface area (Å²) in [5.74, 6) is -0.982. The topological polar surface area (TPSA) is 93.5 Å². The minimum Gasteiger partial charge on any atom is -0.490 e. The zero-order chi connectivity index (χ0) is 17.7. The summed E-state index contributed by atoms with van der Waals surface area (Å²) in [4.78, 5) is 22.4. The third kappa shape index (κ3) is 4.23. The molecule has 0 radical (unpaired) electrons. The van der Waals surface area contributed by atoms with E-state index >= 15 is 0 Å². The van der Waals surface area contributed by atoms with Crippen LogP contribution in [0.15, 0.2) is 42.5 Å². The largest absolute Gasteiger partial charge is 0.490 e. The van der Waals surface area contributed by atoms with Gasteiger partial charge in [-0.05, 0) is 48.6 Å². The lowest BCUT2D eigenvalue weighted by atomic mass is 10.2. The van der Waals surface area contributed by atoms with Crippen molar-refractivity contribution in [1.29, 1.82) is 0 Å². The van der Waals surface area contributed by atoms with Crippen molar-refractivity contribution in [1.82, 2.24) is 5.32 Å². The SMILES string of the molecule is COc1ccc(C(=O)NC(=S)Nc2ccc(F)cc2)cc1[N+](=O)[O-]. The maximum Gasteiger partial charge on any atom is 0.311 e. The summed E-state index contributed by atoms with van der Waals surface area (Å²) in [6.07, 6.45) is 0. The molecular weight excluding hydrogens is 337 g/mol. The van der Waals surface area contributed by atoms with Gasteiger partial charge in [-0.25, -0.2) is 4.39 Å². The first kappa shape index (κ1) is 17.3. The second-order valence-corrected chi connectivity index (χ2v) is 4.97. The average Bonchev–Trinajstić information content (AvgIpc) is 2.56. The van der Waals surface area contributed by atoms with E-state index in [-0.39, 0.29) is 22.1 Å². The quantitative estimate of drug-likeness (QED) is 0.501. The van der Waals surface area contributed by atoms with Crippen LogP contribution in [0, 0.1) is 15.9 Å². The van der Waals surface area contributed by atoms with E-state index in [0.717, 1.165) is 6.07 Å². The Kier molecular flexibility index (Phi) is 5.38. The predicted molar refractivity (Wildman–Crippen MR) is 89.7 cm³/mol. The molecule has 7 nitrogen and oxygen atoms in total. The average molecular weight is 349 g/mol. The molecule has 0 saturated heterocycles. The van der Waals surface area contributed by atoms with Gasteiger partial charge in [-0.1, -0.05) is 0 Å². The van der Waals surface area contributed by atoms with Gasteiger partial charge in [0.2, 0.25) is 0 Å². The van der Waals surface area contributed by atoms with E-state index in [2.05, 4.69) is 10.6 Å². The van der Waals surface area contributed by atoms with Crippen LogP contribution in [0.1, 0.15) is 10.4 Å². The van der Waals surface area contributed by atoms with Crippen LogP contribution in [-0.2, 0) is 0 Å². The lowest BCUT2D eigenvalue weighted by molar-refractivity contribution is -0.385. The normalized spacial score (nSPS) is 9.92. The third-order valence-corrected chi connectivity index (χ3v) is 3.17. The summed E-state index contributed by atoms with van der Waals surface area (Å²) in [6.45, 7) is 0. The van der Waals surface area contributed by atoms with Crippen LogP contribution in [0.2, 0.25) is 0 Å². The monoisotopic (exact) mass is 349 g/mol. The fraction of sp³-hybridized carbons (Fsp3) is 0.0667. The smallest absolute Gasteiger partial charge is 0.311 e. The molecule has 0 aromatic heterocycles. The second-order valence-electron chi connectivity index (χ2n) is 4.56. The van der Waals surface area contributed by atoms with Gasteiger partial charge >= 0.3 is 5.69 Å². The highest BCUT2D eigenvalue weighted by atomic mass is 32.1. The van der Waals surface area contributed by atoms with Gasteiger partial charge < -0.3 is 10.1 Å². The van der Waals surface area contributed by atoms with E-state index in [9.17, 15) is 19.3 Å². The van der Waals surface area contributed by atoms with Crippen molar-refractivity contribution >= 4 is 34.6 Å². The maximum atomic E-state index is 12.8. The van der Waals surface area contributed by atoms with Gasteiger partial charge in [-0.15, -0.1) is 0 Å². The fourth-order valence-corrected chi connectivity index (χ4v) is 2.06. The third-order valence-electron chi connectivity index (χ3n) is 2.97. The molecule has 0 aliphatic carbocycles. The Morgan fingerprint density at radius 1 is 1.25 bits per heavy atom. The first-order chi connectivity index (χ1) is 11.4. The Hall–Kier alpha value is -3.07. The number of nitro benzene ring substituents is 1. The van der Waals surface area contributed by atoms with Crippen LogP contribution < -0.4 is 15.4 Å². The van der Waals surface area contributed by atoms with Gasteiger partial charge in [0.1, 0.15) is 5.82 Å². The number of halogens is 1. The molecule has 0 saturated carbocycles. The molecule has 0 aliphatic heterocycles. The zero-order valence-electron chi connectivity index (χ0n) is 12.4. The molecule has 0 aliphatic rings. The molecule has 124 valence electrons. The van der Waals surface area contributed by atoms with Gasteiger partial charge in [0.15, 0.2) is 10.9 Å². The molecule has 0 atom stereocenters. The summed E-state index contributed by atoms with van der Waals surface area (Å²) < 4.78 is 17.7. The minimum atomic E-state index is -0.648. The van der Waals surface area contributed by atoms with E-state index in [1.807, 2.05) is 0 Å². The van der Waals surface area contributed by atoms with Crippen LogP contribution in [0.3, 0.4) is 0 Å². The van der Waals surface area contributed by atoms with Crippen LogP contribution in [0.25, 0.3) is 0 Å². The van der Waals surface area contributed by atoms with Gasteiger partial charge in [0.25, 0.3) is 5.91 Å². The summed E-state index contributed by atoms with van der Waals surface area (Å²) in [7, 11) is 1.30. The molecule has 0 spiro atoms.